The lowest BCUT2D eigenvalue weighted by Gasteiger charge is -2.28. The molecule has 5 nitrogen and oxygen atoms in total. The standard InChI is InChI=1S/C12H19N5/c1-12(2,8-13)9-16(3)11-14-10-6-4-5-7-17(10)15-11/h4-7H,8-9,13H2,1-3H3. The molecular weight excluding hydrogens is 214 g/mol. The second-order valence-electron chi connectivity index (χ2n) is 5.14. The Morgan fingerprint density at radius 3 is 2.82 bits per heavy atom. The normalized spacial score (nSPS) is 12.0. The Morgan fingerprint density at radius 1 is 1.41 bits per heavy atom. The van der Waals surface area contributed by atoms with Crippen LogP contribution in [0.15, 0.2) is 24.4 Å². The van der Waals surface area contributed by atoms with Crippen molar-refractivity contribution >= 4 is 11.6 Å². The van der Waals surface area contributed by atoms with Crippen LogP contribution in [0.25, 0.3) is 5.65 Å². The van der Waals surface area contributed by atoms with Crippen molar-refractivity contribution in [2.75, 3.05) is 25.0 Å². The SMILES string of the molecule is CN(CC(C)(C)CN)c1nc2ccccn2n1. The highest BCUT2D eigenvalue weighted by molar-refractivity contribution is 5.43. The molecule has 2 aromatic rings. The van der Waals surface area contributed by atoms with Gasteiger partial charge in [-0.15, -0.1) is 5.10 Å². The first-order chi connectivity index (χ1) is 8.02. The van der Waals surface area contributed by atoms with Gasteiger partial charge >= 0.3 is 0 Å². The van der Waals surface area contributed by atoms with Gasteiger partial charge in [0, 0.05) is 19.8 Å². The number of aromatic nitrogens is 3. The average Bonchev–Trinajstić information content (AvgIpc) is 2.72. The van der Waals surface area contributed by atoms with Gasteiger partial charge in [-0.1, -0.05) is 19.9 Å². The predicted octanol–water partition coefficient (Wildman–Crippen LogP) is 1.15. The molecule has 0 atom stereocenters. The molecule has 0 saturated carbocycles. The van der Waals surface area contributed by atoms with Crippen molar-refractivity contribution in [2.45, 2.75) is 13.8 Å². The van der Waals surface area contributed by atoms with Crippen molar-refractivity contribution in [1.82, 2.24) is 14.6 Å². The van der Waals surface area contributed by atoms with E-state index in [1.807, 2.05) is 36.3 Å². The van der Waals surface area contributed by atoms with Crippen LogP contribution in [-0.4, -0.2) is 34.7 Å². The average molecular weight is 233 g/mol. The lowest BCUT2D eigenvalue weighted by molar-refractivity contribution is 0.383. The Morgan fingerprint density at radius 2 is 2.18 bits per heavy atom. The Kier molecular flexibility index (Phi) is 3.02. The number of anilines is 1. The first-order valence-corrected chi connectivity index (χ1v) is 5.74. The van der Waals surface area contributed by atoms with Crippen LogP contribution in [0, 0.1) is 5.41 Å². The smallest absolute Gasteiger partial charge is 0.245 e. The van der Waals surface area contributed by atoms with Gasteiger partial charge in [0.1, 0.15) is 0 Å². The third kappa shape index (κ3) is 2.55. The number of pyridine rings is 1. The quantitative estimate of drug-likeness (QED) is 0.860. The molecule has 17 heavy (non-hydrogen) atoms. The Balaban J connectivity index is 2.22. The summed E-state index contributed by atoms with van der Waals surface area (Å²) in [5, 5.41) is 4.42. The van der Waals surface area contributed by atoms with E-state index in [-0.39, 0.29) is 5.41 Å². The van der Waals surface area contributed by atoms with Crippen LogP contribution >= 0.6 is 0 Å². The largest absolute Gasteiger partial charge is 0.342 e. The zero-order chi connectivity index (χ0) is 12.5. The number of hydrogen-bond donors (Lipinski definition) is 1. The first kappa shape index (κ1) is 11.9. The highest BCUT2D eigenvalue weighted by atomic mass is 15.4. The van der Waals surface area contributed by atoms with Gasteiger partial charge in [-0.3, -0.25) is 0 Å². The van der Waals surface area contributed by atoms with Crippen LogP contribution < -0.4 is 10.6 Å². The second-order valence-corrected chi connectivity index (χ2v) is 5.14. The van der Waals surface area contributed by atoms with Crippen LogP contribution in [-0.2, 0) is 0 Å². The summed E-state index contributed by atoms with van der Waals surface area (Å²) in [6.07, 6.45) is 1.90. The minimum Gasteiger partial charge on any atom is -0.342 e. The van der Waals surface area contributed by atoms with E-state index in [1.54, 1.807) is 4.52 Å². The van der Waals surface area contributed by atoms with E-state index in [2.05, 4.69) is 23.9 Å². The minimum absolute atomic E-state index is 0.0617. The molecule has 0 unspecified atom stereocenters. The van der Waals surface area contributed by atoms with Crippen LogP contribution in [0.5, 0.6) is 0 Å². The molecule has 2 N–H and O–H groups in total. The van der Waals surface area contributed by atoms with Crippen molar-refractivity contribution in [2.24, 2.45) is 11.1 Å². The van der Waals surface area contributed by atoms with E-state index in [0.29, 0.717) is 6.54 Å². The minimum atomic E-state index is 0.0617. The number of fused-ring (bicyclic) bond motifs is 1. The lowest BCUT2D eigenvalue weighted by atomic mass is 9.93. The van der Waals surface area contributed by atoms with E-state index < -0.39 is 0 Å². The zero-order valence-corrected chi connectivity index (χ0v) is 10.6. The molecule has 0 aromatic carbocycles. The summed E-state index contributed by atoms with van der Waals surface area (Å²) in [4.78, 5) is 6.51. The maximum absolute atomic E-state index is 5.74. The fraction of sp³-hybridized carbons (Fsp3) is 0.500. The number of nitrogens with two attached hydrogens (primary N) is 1. The van der Waals surface area contributed by atoms with Crippen molar-refractivity contribution < 1.29 is 0 Å². The number of hydrogen-bond acceptors (Lipinski definition) is 4. The molecule has 0 fully saturated rings. The first-order valence-electron chi connectivity index (χ1n) is 5.74. The van der Waals surface area contributed by atoms with Gasteiger partial charge in [-0.05, 0) is 24.1 Å². The summed E-state index contributed by atoms with van der Waals surface area (Å²) in [5.74, 6) is 0.734. The summed E-state index contributed by atoms with van der Waals surface area (Å²) in [5.41, 5.74) is 6.66. The molecule has 0 spiro atoms. The van der Waals surface area contributed by atoms with Gasteiger partial charge in [0.15, 0.2) is 5.65 Å². The van der Waals surface area contributed by atoms with E-state index in [0.717, 1.165) is 18.1 Å². The topological polar surface area (TPSA) is 59.5 Å². The van der Waals surface area contributed by atoms with Crippen molar-refractivity contribution in [3.63, 3.8) is 0 Å². The van der Waals surface area contributed by atoms with Gasteiger partial charge in [0.2, 0.25) is 5.95 Å². The molecule has 2 aromatic heterocycles. The maximum atomic E-state index is 5.74. The Bertz CT molecular complexity index is 469. The lowest BCUT2D eigenvalue weighted by Crippen LogP contribution is -2.37. The molecule has 2 heterocycles. The van der Waals surface area contributed by atoms with Crippen LogP contribution in [0.4, 0.5) is 5.95 Å². The zero-order valence-electron chi connectivity index (χ0n) is 10.6. The molecule has 0 aliphatic rings. The Hall–Kier alpha value is -1.62. The fourth-order valence-corrected chi connectivity index (χ4v) is 1.76. The van der Waals surface area contributed by atoms with E-state index in [9.17, 15) is 0 Å². The fourth-order valence-electron chi connectivity index (χ4n) is 1.76. The molecule has 0 radical (unpaired) electrons. The molecule has 0 bridgehead atoms. The highest BCUT2D eigenvalue weighted by Gasteiger charge is 2.20. The van der Waals surface area contributed by atoms with Gasteiger partial charge < -0.3 is 10.6 Å². The molecule has 0 amide bonds. The molecule has 5 heteroatoms. The van der Waals surface area contributed by atoms with E-state index in [1.165, 1.54) is 0 Å². The summed E-state index contributed by atoms with van der Waals surface area (Å²) >= 11 is 0. The highest BCUT2D eigenvalue weighted by Crippen LogP contribution is 2.17. The maximum Gasteiger partial charge on any atom is 0.245 e. The molecule has 0 aliphatic heterocycles. The predicted molar refractivity (Wildman–Crippen MR) is 69.1 cm³/mol. The van der Waals surface area contributed by atoms with Gasteiger partial charge in [0.25, 0.3) is 0 Å². The Labute approximate surface area is 101 Å². The van der Waals surface area contributed by atoms with Crippen LogP contribution in [0.3, 0.4) is 0 Å². The third-order valence-electron chi connectivity index (χ3n) is 2.79. The third-order valence-corrected chi connectivity index (χ3v) is 2.79. The molecular formula is C12H19N5. The number of nitrogens with zero attached hydrogens (tertiary/aromatic N) is 4. The van der Waals surface area contributed by atoms with E-state index in [4.69, 9.17) is 5.73 Å². The molecule has 2 rings (SSSR count). The van der Waals surface area contributed by atoms with Gasteiger partial charge in [-0.25, -0.2) is 4.52 Å². The molecule has 0 aliphatic carbocycles. The van der Waals surface area contributed by atoms with Gasteiger partial charge in [0.05, 0.1) is 0 Å². The van der Waals surface area contributed by atoms with Crippen molar-refractivity contribution in [1.29, 1.82) is 0 Å². The summed E-state index contributed by atoms with van der Waals surface area (Å²) in [7, 11) is 1.99. The van der Waals surface area contributed by atoms with E-state index >= 15 is 0 Å². The monoisotopic (exact) mass is 233 g/mol. The van der Waals surface area contributed by atoms with Crippen molar-refractivity contribution in [3.05, 3.63) is 24.4 Å². The summed E-state index contributed by atoms with van der Waals surface area (Å²) < 4.78 is 1.78. The summed E-state index contributed by atoms with van der Waals surface area (Å²) in [6, 6.07) is 5.84. The van der Waals surface area contributed by atoms with Crippen LogP contribution in [0.1, 0.15) is 13.8 Å². The molecule has 92 valence electrons. The van der Waals surface area contributed by atoms with Crippen LogP contribution in [0.2, 0.25) is 0 Å². The number of rotatable bonds is 4. The second kappa shape index (κ2) is 4.33. The van der Waals surface area contributed by atoms with Gasteiger partial charge in [-0.2, -0.15) is 4.98 Å². The molecule has 0 saturated heterocycles. The van der Waals surface area contributed by atoms with Crippen molar-refractivity contribution in [3.8, 4) is 0 Å². The summed E-state index contributed by atoms with van der Waals surface area (Å²) in [6.45, 7) is 5.75.